The van der Waals surface area contributed by atoms with Gasteiger partial charge in [0.25, 0.3) is 0 Å². The molecule has 0 aliphatic rings. The molecule has 0 aromatic heterocycles. The normalized spacial score (nSPS) is 13.6. The molecule has 4 N–H and O–H groups in total. The average molecular weight is 313 g/mol. The van der Waals surface area contributed by atoms with E-state index in [1.165, 1.54) is 0 Å². The lowest BCUT2D eigenvalue weighted by atomic mass is 10.0. The summed E-state index contributed by atoms with van der Waals surface area (Å²) in [6.07, 6.45) is 0. The fourth-order valence-electron chi connectivity index (χ4n) is 2.55. The molecule has 2 aromatic carbocycles. The lowest BCUT2D eigenvalue weighted by Gasteiger charge is -2.23. The second-order valence-electron chi connectivity index (χ2n) is 6.07. The van der Waals surface area contributed by atoms with Crippen LogP contribution in [0.15, 0.2) is 42.5 Å². The highest BCUT2D eigenvalue weighted by Crippen LogP contribution is 2.20. The second-order valence-corrected chi connectivity index (χ2v) is 6.07. The molecule has 0 radical (unpaired) electrons. The summed E-state index contributed by atoms with van der Waals surface area (Å²) in [7, 11) is 0. The minimum Gasteiger partial charge on any atom is -0.352 e. The topological polar surface area (TPSA) is 84.2 Å². The number of hydrogen-bond acceptors (Lipinski definition) is 2. The number of fused-ring (bicyclic) bond motifs is 1. The van der Waals surface area contributed by atoms with E-state index < -0.39 is 12.1 Å². The van der Waals surface area contributed by atoms with E-state index in [2.05, 4.69) is 16.7 Å². The first kappa shape index (κ1) is 16.8. The number of amides is 3. The summed E-state index contributed by atoms with van der Waals surface area (Å²) in [6, 6.07) is 12.7. The Kier molecular flexibility index (Phi) is 5.21. The van der Waals surface area contributed by atoms with E-state index in [0.29, 0.717) is 0 Å². The van der Waals surface area contributed by atoms with Crippen LogP contribution >= 0.6 is 0 Å². The van der Waals surface area contributed by atoms with Crippen molar-refractivity contribution in [2.45, 2.75) is 32.9 Å². The smallest absolute Gasteiger partial charge is 0.312 e. The van der Waals surface area contributed by atoms with Crippen LogP contribution in [-0.4, -0.2) is 18.0 Å². The third-order valence-corrected chi connectivity index (χ3v) is 3.88. The van der Waals surface area contributed by atoms with Gasteiger partial charge in [-0.2, -0.15) is 0 Å². The quantitative estimate of drug-likeness (QED) is 0.793. The van der Waals surface area contributed by atoms with Gasteiger partial charge in [0, 0.05) is 0 Å². The summed E-state index contributed by atoms with van der Waals surface area (Å²) < 4.78 is 0. The van der Waals surface area contributed by atoms with Crippen LogP contribution < -0.4 is 16.4 Å². The zero-order valence-electron chi connectivity index (χ0n) is 13.7. The Labute approximate surface area is 136 Å². The van der Waals surface area contributed by atoms with E-state index in [9.17, 15) is 9.59 Å². The van der Waals surface area contributed by atoms with E-state index in [1.54, 1.807) is 0 Å². The third-order valence-electron chi connectivity index (χ3n) is 3.88. The molecule has 0 aliphatic heterocycles. The lowest BCUT2D eigenvalue weighted by molar-refractivity contribution is -0.124. The van der Waals surface area contributed by atoms with Crippen LogP contribution in [0, 0.1) is 5.92 Å². The maximum atomic E-state index is 12.4. The van der Waals surface area contributed by atoms with Gasteiger partial charge in [0.2, 0.25) is 5.91 Å². The molecule has 2 unspecified atom stereocenters. The van der Waals surface area contributed by atoms with Crippen molar-refractivity contribution in [2.24, 2.45) is 11.7 Å². The molecular formula is C18H23N3O2. The van der Waals surface area contributed by atoms with Crippen molar-refractivity contribution in [2.75, 3.05) is 0 Å². The van der Waals surface area contributed by atoms with Crippen molar-refractivity contribution in [1.82, 2.24) is 10.6 Å². The minimum atomic E-state index is -0.697. The Balaban J connectivity index is 2.13. The van der Waals surface area contributed by atoms with Gasteiger partial charge < -0.3 is 16.4 Å². The summed E-state index contributed by atoms with van der Waals surface area (Å²) in [6.45, 7) is 5.64. The van der Waals surface area contributed by atoms with E-state index in [4.69, 9.17) is 5.73 Å². The number of rotatable bonds is 5. The van der Waals surface area contributed by atoms with Crippen LogP contribution in [0.25, 0.3) is 10.8 Å². The summed E-state index contributed by atoms with van der Waals surface area (Å²) in [5.41, 5.74) is 6.16. The molecule has 0 fully saturated rings. The highest BCUT2D eigenvalue weighted by Gasteiger charge is 2.24. The fraction of sp³-hybridized carbons (Fsp3) is 0.333. The van der Waals surface area contributed by atoms with Gasteiger partial charge in [-0.25, -0.2) is 4.79 Å². The Morgan fingerprint density at radius 2 is 1.61 bits per heavy atom. The van der Waals surface area contributed by atoms with Crippen LogP contribution in [0.1, 0.15) is 32.4 Å². The lowest BCUT2D eigenvalue weighted by Crippen LogP contribution is -2.51. The molecule has 5 heteroatoms. The Morgan fingerprint density at radius 1 is 0.957 bits per heavy atom. The van der Waals surface area contributed by atoms with Crippen LogP contribution in [0.2, 0.25) is 0 Å². The maximum absolute atomic E-state index is 12.4. The highest BCUT2D eigenvalue weighted by atomic mass is 16.2. The molecule has 23 heavy (non-hydrogen) atoms. The fourth-order valence-corrected chi connectivity index (χ4v) is 2.55. The summed E-state index contributed by atoms with van der Waals surface area (Å²) >= 11 is 0. The first-order chi connectivity index (χ1) is 10.9. The monoisotopic (exact) mass is 313 g/mol. The van der Waals surface area contributed by atoms with Gasteiger partial charge in [-0.1, -0.05) is 50.2 Å². The SMILES string of the molecule is CC(NC(=O)C(NC(N)=O)C(C)C)c1ccc2ccccc2c1. The van der Waals surface area contributed by atoms with Gasteiger partial charge in [-0.05, 0) is 35.2 Å². The molecular weight excluding hydrogens is 290 g/mol. The van der Waals surface area contributed by atoms with Crippen molar-refractivity contribution >= 4 is 22.7 Å². The zero-order chi connectivity index (χ0) is 17.0. The predicted molar refractivity (Wildman–Crippen MR) is 91.9 cm³/mol. The van der Waals surface area contributed by atoms with E-state index in [1.807, 2.05) is 57.2 Å². The van der Waals surface area contributed by atoms with Gasteiger partial charge in [0.1, 0.15) is 6.04 Å². The van der Waals surface area contributed by atoms with Crippen LogP contribution in [0.5, 0.6) is 0 Å². The van der Waals surface area contributed by atoms with Crippen molar-refractivity contribution in [3.05, 3.63) is 48.0 Å². The van der Waals surface area contributed by atoms with E-state index in [0.717, 1.165) is 16.3 Å². The van der Waals surface area contributed by atoms with Crippen molar-refractivity contribution in [3.63, 3.8) is 0 Å². The standard InChI is InChI=1S/C18H23N3O2/c1-11(2)16(21-18(19)23)17(22)20-12(3)14-9-8-13-6-4-5-7-15(13)10-14/h4-12,16H,1-3H3,(H,20,22)(H3,19,21,23). The summed E-state index contributed by atoms with van der Waals surface area (Å²) in [4.78, 5) is 23.4. The second kappa shape index (κ2) is 7.13. The van der Waals surface area contributed by atoms with Gasteiger partial charge in [0.05, 0.1) is 6.04 Å². The Bertz CT molecular complexity index is 712. The Hall–Kier alpha value is -2.56. The van der Waals surface area contributed by atoms with Gasteiger partial charge in [-0.3, -0.25) is 4.79 Å². The molecule has 2 aromatic rings. The summed E-state index contributed by atoms with van der Waals surface area (Å²) in [5.74, 6) is -0.286. The molecule has 122 valence electrons. The highest BCUT2D eigenvalue weighted by molar-refractivity contribution is 5.87. The number of urea groups is 1. The largest absolute Gasteiger partial charge is 0.352 e. The molecule has 3 amide bonds. The summed E-state index contributed by atoms with van der Waals surface area (Å²) in [5, 5.41) is 7.72. The number of primary amides is 1. The predicted octanol–water partition coefficient (Wildman–Crippen LogP) is 2.71. The average Bonchev–Trinajstić information content (AvgIpc) is 2.51. The van der Waals surface area contributed by atoms with Crippen molar-refractivity contribution < 1.29 is 9.59 Å². The van der Waals surface area contributed by atoms with Gasteiger partial charge in [0.15, 0.2) is 0 Å². The molecule has 0 bridgehead atoms. The molecule has 2 atom stereocenters. The zero-order valence-corrected chi connectivity index (χ0v) is 13.7. The molecule has 5 nitrogen and oxygen atoms in total. The molecule has 0 saturated carbocycles. The molecule has 0 spiro atoms. The van der Waals surface area contributed by atoms with E-state index >= 15 is 0 Å². The Morgan fingerprint density at radius 3 is 2.22 bits per heavy atom. The van der Waals surface area contributed by atoms with Crippen molar-refractivity contribution in [1.29, 1.82) is 0 Å². The molecule has 0 aliphatic carbocycles. The number of benzene rings is 2. The van der Waals surface area contributed by atoms with Crippen molar-refractivity contribution in [3.8, 4) is 0 Å². The first-order valence-corrected chi connectivity index (χ1v) is 7.73. The number of nitrogens with two attached hydrogens (primary N) is 1. The molecule has 0 saturated heterocycles. The number of nitrogens with one attached hydrogen (secondary N) is 2. The van der Waals surface area contributed by atoms with Gasteiger partial charge in [-0.15, -0.1) is 0 Å². The molecule has 0 heterocycles. The number of carbonyl (C=O) groups excluding carboxylic acids is 2. The minimum absolute atomic E-state index is 0.0497. The first-order valence-electron chi connectivity index (χ1n) is 7.73. The van der Waals surface area contributed by atoms with Crippen LogP contribution in [-0.2, 0) is 4.79 Å². The number of hydrogen-bond donors (Lipinski definition) is 3. The number of carbonyl (C=O) groups is 2. The van der Waals surface area contributed by atoms with E-state index in [-0.39, 0.29) is 17.9 Å². The molecule has 2 rings (SSSR count). The third kappa shape index (κ3) is 4.22. The maximum Gasteiger partial charge on any atom is 0.312 e. The van der Waals surface area contributed by atoms with Crippen LogP contribution in [0.4, 0.5) is 4.79 Å². The van der Waals surface area contributed by atoms with Gasteiger partial charge >= 0.3 is 6.03 Å². The van der Waals surface area contributed by atoms with Crippen LogP contribution in [0.3, 0.4) is 0 Å².